The molecule has 1 aromatic rings. The highest BCUT2D eigenvalue weighted by Gasteiger charge is 2.16. The molecular weight excluding hydrogens is 320 g/mol. The molecule has 4 nitrogen and oxygen atoms in total. The van der Waals surface area contributed by atoms with Crippen LogP contribution >= 0.6 is 15.9 Å². The van der Waals surface area contributed by atoms with E-state index in [1.807, 2.05) is 6.07 Å². The number of halogens is 1. The van der Waals surface area contributed by atoms with Crippen LogP contribution in [0.25, 0.3) is 0 Å². The summed E-state index contributed by atoms with van der Waals surface area (Å²) in [7, 11) is 0. The van der Waals surface area contributed by atoms with Gasteiger partial charge in [0.2, 0.25) is 0 Å². The lowest BCUT2D eigenvalue weighted by atomic mass is 10.1. The normalized spacial score (nSPS) is 11.0. The van der Waals surface area contributed by atoms with Crippen LogP contribution in [0.1, 0.15) is 45.1 Å². The molecule has 1 rings (SSSR count). The molecule has 0 bridgehead atoms. The van der Waals surface area contributed by atoms with Gasteiger partial charge >= 0.3 is 0 Å². The van der Waals surface area contributed by atoms with Gasteiger partial charge < -0.3 is 0 Å². The molecule has 0 saturated heterocycles. The summed E-state index contributed by atoms with van der Waals surface area (Å²) < 4.78 is 0.614. The Morgan fingerprint density at radius 3 is 2.30 bits per heavy atom. The average Bonchev–Trinajstić information content (AvgIpc) is 2.43. The third-order valence-electron chi connectivity index (χ3n) is 3.30. The first-order valence-electron chi connectivity index (χ1n) is 7.24. The van der Waals surface area contributed by atoms with Crippen molar-refractivity contribution in [3.05, 3.63) is 38.3 Å². The lowest BCUT2D eigenvalue weighted by Gasteiger charge is -2.22. The number of rotatable bonds is 9. The van der Waals surface area contributed by atoms with Crippen LogP contribution in [0.15, 0.2) is 22.7 Å². The van der Waals surface area contributed by atoms with E-state index in [1.54, 1.807) is 6.07 Å². The Bertz CT molecular complexity index is 430. The molecule has 0 fully saturated rings. The quantitative estimate of drug-likeness (QED) is 0.480. The molecule has 0 spiro atoms. The van der Waals surface area contributed by atoms with Gasteiger partial charge in [-0.05, 0) is 47.4 Å². The van der Waals surface area contributed by atoms with Gasteiger partial charge in [0.25, 0.3) is 5.69 Å². The van der Waals surface area contributed by atoms with Crippen molar-refractivity contribution in [3.63, 3.8) is 0 Å². The zero-order valence-electron chi connectivity index (χ0n) is 12.3. The smallest absolute Gasteiger partial charge is 0.283 e. The molecule has 0 saturated carbocycles. The highest BCUT2D eigenvalue weighted by Crippen LogP contribution is 2.29. The Hall–Kier alpha value is -0.940. The summed E-state index contributed by atoms with van der Waals surface area (Å²) in [6, 6.07) is 5.26. The molecule has 1 aromatic carbocycles. The van der Waals surface area contributed by atoms with Crippen molar-refractivity contribution >= 4 is 21.6 Å². The molecule has 0 aliphatic heterocycles. The van der Waals surface area contributed by atoms with Crippen LogP contribution in [0.3, 0.4) is 0 Å². The van der Waals surface area contributed by atoms with Gasteiger partial charge in [-0.2, -0.15) is 0 Å². The van der Waals surface area contributed by atoms with E-state index in [2.05, 4.69) is 34.7 Å². The van der Waals surface area contributed by atoms with E-state index in [0.717, 1.165) is 38.0 Å². The Kier molecular flexibility index (Phi) is 7.77. The van der Waals surface area contributed by atoms with Crippen molar-refractivity contribution in [2.24, 2.45) is 0 Å². The van der Waals surface area contributed by atoms with Gasteiger partial charge in [-0.1, -0.05) is 38.8 Å². The molecule has 0 amide bonds. The van der Waals surface area contributed by atoms with E-state index >= 15 is 0 Å². The van der Waals surface area contributed by atoms with Crippen LogP contribution in [0, 0.1) is 10.1 Å². The third kappa shape index (κ3) is 5.21. The molecule has 5 heteroatoms. The van der Waals surface area contributed by atoms with Gasteiger partial charge in [0.1, 0.15) is 0 Å². The summed E-state index contributed by atoms with van der Waals surface area (Å²) >= 11 is 3.38. The van der Waals surface area contributed by atoms with Gasteiger partial charge in [0.05, 0.1) is 9.40 Å². The van der Waals surface area contributed by atoms with Crippen molar-refractivity contribution in [2.45, 2.75) is 46.1 Å². The van der Waals surface area contributed by atoms with E-state index in [0.29, 0.717) is 4.47 Å². The molecule has 0 unspecified atom stereocenters. The lowest BCUT2D eigenvalue weighted by molar-refractivity contribution is -0.385. The first-order valence-corrected chi connectivity index (χ1v) is 8.03. The zero-order chi connectivity index (χ0) is 15.0. The summed E-state index contributed by atoms with van der Waals surface area (Å²) in [6.45, 7) is 7.22. The maximum Gasteiger partial charge on any atom is 0.283 e. The van der Waals surface area contributed by atoms with E-state index in [1.165, 1.54) is 18.9 Å². The van der Waals surface area contributed by atoms with Crippen LogP contribution in [-0.2, 0) is 6.54 Å². The molecule has 20 heavy (non-hydrogen) atoms. The molecule has 0 radical (unpaired) electrons. The predicted molar refractivity (Wildman–Crippen MR) is 85.9 cm³/mol. The summed E-state index contributed by atoms with van der Waals surface area (Å²) in [5.74, 6) is 0. The van der Waals surface area contributed by atoms with Crippen LogP contribution < -0.4 is 0 Å². The van der Waals surface area contributed by atoms with Crippen LogP contribution in [0.2, 0.25) is 0 Å². The summed E-state index contributed by atoms with van der Waals surface area (Å²) in [6.07, 6.45) is 4.66. The molecule has 112 valence electrons. The highest BCUT2D eigenvalue weighted by molar-refractivity contribution is 9.10. The van der Waals surface area contributed by atoms with Crippen molar-refractivity contribution in [3.8, 4) is 0 Å². The van der Waals surface area contributed by atoms with Gasteiger partial charge in [0.15, 0.2) is 0 Å². The molecule has 0 N–H and O–H groups in total. The minimum atomic E-state index is -0.337. The fourth-order valence-corrected chi connectivity index (χ4v) is 2.64. The summed E-state index contributed by atoms with van der Waals surface area (Å²) in [5.41, 5.74) is 1.14. The van der Waals surface area contributed by atoms with Crippen LogP contribution in [-0.4, -0.2) is 22.9 Å². The number of nitro groups is 1. The van der Waals surface area contributed by atoms with E-state index in [9.17, 15) is 10.1 Å². The standard InChI is InChI=1S/C15H23BrN2O2/c1-3-5-10-17(11-6-4-2)12-13-8-7-9-14(15(13)16)18(19)20/h7-9H,3-6,10-12H2,1-2H3. The Morgan fingerprint density at radius 1 is 1.20 bits per heavy atom. The SMILES string of the molecule is CCCCN(CCCC)Cc1cccc([N+](=O)[O-])c1Br. The molecule has 0 aliphatic rings. The number of unbranched alkanes of at least 4 members (excludes halogenated alkanes) is 2. The van der Waals surface area contributed by atoms with E-state index in [4.69, 9.17) is 0 Å². The number of nitro benzene ring substituents is 1. The predicted octanol–water partition coefficient (Wildman–Crippen LogP) is 4.76. The van der Waals surface area contributed by atoms with Gasteiger partial charge in [-0.25, -0.2) is 0 Å². The summed E-state index contributed by atoms with van der Waals surface area (Å²) in [5, 5.41) is 11.0. The second kappa shape index (κ2) is 9.08. The van der Waals surface area contributed by atoms with Crippen molar-refractivity contribution < 1.29 is 4.92 Å². The fraction of sp³-hybridized carbons (Fsp3) is 0.600. The third-order valence-corrected chi connectivity index (χ3v) is 4.22. The van der Waals surface area contributed by atoms with Gasteiger partial charge in [0, 0.05) is 12.6 Å². The van der Waals surface area contributed by atoms with Gasteiger partial charge in [-0.15, -0.1) is 0 Å². The summed E-state index contributed by atoms with van der Waals surface area (Å²) in [4.78, 5) is 13.0. The van der Waals surface area contributed by atoms with Crippen molar-refractivity contribution in [1.82, 2.24) is 4.90 Å². The Balaban J connectivity index is 2.81. The number of hydrogen-bond donors (Lipinski definition) is 0. The van der Waals surface area contributed by atoms with E-state index in [-0.39, 0.29) is 10.6 Å². The number of nitrogens with zero attached hydrogens (tertiary/aromatic N) is 2. The van der Waals surface area contributed by atoms with Crippen LogP contribution in [0.5, 0.6) is 0 Å². The monoisotopic (exact) mass is 342 g/mol. The second-order valence-corrected chi connectivity index (χ2v) is 5.78. The maximum absolute atomic E-state index is 11.0. The highest BCUT2D eigenvalue weighted by atomic mass is 79.9. The van der Waals surface area contributed by atoms with E-state index < -0.39 is 0 Å². The topological polar surface area (TPSA) is 46.4 Å². The molecule has 0 heterocycles. The van der Waals surface area contributed by atoms with Crippen molar-refractivity contribution in [2.75, 3.05) is 13.1 Å². The molecular formula is C15H23BrN2O2. The Morgan fingerprint density at radius 2 is 1.80 bits per heavy atom. The largest absolute Gasteiger partial charge is 0.299 e. The minimum Gasteiger partial charge on any atom is -0.299 e. The van der Waals surface area contributed by atoms with Gasteiger partial charge in [-0.3, -0.25) is 15.0 Å². The zero-order valence-corrected chi connectivity index (χ0v) is 13.9. The molecule has 0 aliphatic carbocycles. The second-order valence-electron chi connectivity index (χ2n) is 4.99. The maximum atomic E-state index is 11.0. The first-order chi connectivity index (χ1) is 9.60. The fourth-order valence-electron chi connectivity index (χ4n) is 2.10. The van der Waals surface area contributed by atoms with Crippen LogP contribution in [0.4, 0.5) is 5.69 Å². The first kappa shape index (κ1) is 17.1. The Labute approximate surface area is 129 Å². The average molecular weight is 343 g/mol. The van der Waals surface area contributed by atoms with Crippen molar-refractivity contribution in [1.29, 1.82) is 0 Å². The number of hydrogen-bond acceptors (Lipinski definition) is 3. The molecule has 0 atom stereocenters. The number of benzene rings is 1. The molecule has 0 aromatic heterocycles. The lowest BCUT2D eigenvalue weighted by Crippen LogP contribution is -2.25. The minimum absolute atomic E-state index is 0.147.